The van der Waals surface area contributed by atoms with Crippen molar-refractivity contribution in [1.82, 2.24) is 9.80 Å². The van der Waals surface area contributed by atoms with Crippen molar-refractivity contribution in [2.24, 2.45) is 0 Å². The third-order valence-electron chi connectivity index (χ3n) is 12.8. The van der Waals surface area contributed by atoms with Gasteiger partial charge in [0.15, 0.2) is 13.5 Å². The average molecular weight is 1190 g/mol. The van der Waals surface area contributed by atoms with E-state index < -0.39 is 0 Å². The Balaban J connectivity index is 0.000000119. The normalized spacial score (nSPS) is 14.9. The minimum Gasteiger partial charge on any atom is -0.478 e. The van der Waals surface area contributed by atoms with Gasteiger partial charge in [0.25, 0.3) is 0 Å². The molecule has 0 fully saturated rings. The molecule has 5 aliphatic heterocycles. The molecule has 17 heteroatoms. The fourth-order valence-corrected chi connectivity index (χ4v) is 12.7. The van der Waals surface area contributed by atoms with Crippen LogP contribution in [0, 0.1) is 0 Å². The van der Waals surface area contributed by atoms with Gasteiger partial charge in [-0.25, -0.2) is 0 Å². The van der Waals surface area contributed by atoms with Gasteiger partial charge in [-0.1, -0.05) is 87.0 Å². The van der Waals surface area contributed by atoms with Crippen LogP contribution in [-0.4, -0.2) is 63.0 Å². The lowest BCUT2D eigenvalue weighted by atomic mass is 10.1. The van der Waals surface area contributed by atoms with E-state index in [9.17, 15) is 0 Å². The maximum atomic E-state index is 5.78. The van der Waals surface area contributed by atoms with Crippen molar-refractivity contribution in [3.05, 3.63) is 210 Å². The highest BCUT2D eigenvalue weighted by Crippen LogP contribution is 2.37. The molecule has 0 atom stereocenters. The van der Waals surface area contributed by atoms with Crippen LogP contribution in [0.2, 0.25) is 0 Å². The van der Waals surface area contributed by atoms with Gasteiger partial charge in [-0.2, -0.15) is 0 Å². The molecule has 5 heterocycles. The number of anilines is 3. The molecule has 0 radical (unpaired) electrons. The van der Waals surface area contributed by atoms with E-state index in [1.54, 1.807) is 21.6 Å². The fraction of sp³-hybridized carbons (Fsp3) is 0.213. The van der Waals surface area contributed by atoms with E-state index >= 15 is 0 Å². The number of hydrogen-bond donors (Lipinski definition) is 4. The second-order valence-electron chi connectivity index (χ2n) is 18.8. The van der Waals surface area contributed by atoms with Crippen LogP contribution < -0.4 is 33.6 Å². The van der Waals surface area contributed by atoms with Crippen molar-refractivity contribution < 1.29 is 18.9 Å². The SMILES string of the molecule is CN1COc2ccc(S)cc2C1.CSSc1ccc2c(c1)CN(C)CO2.SSc1ccc2c(c1)CN(c1ccccc1)CO2.Sc1ccc2c(c1)CN(c1ccccc1)CO2.Sc1ccc2c(c1)CN(c1ccccc1)CS2. The Hall–Kier alpha value is -4.92. The van der Waals surface area contributed by atoms with Gasteiger partial charge in [0, 0.05) is 101 Å². The van der Waals surface area contributed by atoms with Gasteiger partial charge in [0.05, 0.1) is 5.88 Å². The summed E-state index contributed by atoms with van der Waals surface area (Å²) in [4.78, 5) is 17.9. The van der Waals surface area contributed by atoms with Gasteiger partial charge in [-0.3, -0.25) is 9.80 Å². The summed E-state index contributed by atoms with van der Waals surface area (Å²) in [5.41, 5.74) is 9.94. The number of para-hydroxylation sites is 3. The summed E-state index contributed by atoms with van der Waals surface area (Å²) in [7, 11) is 9.12. The highest BCUT2D eigenvalue weighted by atomic mass is 33.1. The monoisotopic (exact) mass is 1190 g/mol. The molecule has 5 aliphatic rings. The summed E-state index contributed by atoms with van der Waals surface area (Å²) < 4.78 is 22.6. The van der Waals surface area contributed by atoms with Crippen molar-refractivity contribution in [1.29, 1.82) is 0 Å². The number of thioether (sulfide) groups is 1. The third kappa shape index (κ3) is 16.4. The number of hydrogen-bond acceptors (Lipinski definition) is 17. The van der Waals surface area contributed by atoms with E-state index in [1.807, 2.05) is 97.7 Å². The summed E-state index contributed by atoms with van der Waals surface area (Å²) in [6, 6.07) is 62.2. The summed E-state index contributed by atoms with van der Waals surface area (Å²) in [5, 5.41) is 0. The second-order valence-corrected chi connectivity index (χ2v) is 25.0. The Labute approximate surface area is 498 Å². The molecule has 0 saturated heterocycles. The van der Waals surface area contributed by atoms with Crippen LogP contribution in [0.5, 0.6) is 23.0 Å². The second kappa shape index (κ2) is 29.0. The lowest BCUT2D eigenvalue weighted by Crippen LogP contribution is -2.31. The highest BCUT2D eigenvalue weighted by Gasteiger charge is 2.21. The molecule has 9 nitrogen and oxygen atoms in total. The van der Waals surface area contributed by atoms with E-state index in [-0.39, 0.29) is 0 Å². The Bertz CT molecular complexity index is 3110. The van der Waals surface area contributed by atoms with Crippen molar-refractivity contribution in [2.45, 2.75) is 62.1 Å². The van der Waals surface area contributed by atoms with Gasteiger partial charge >= 0.3 is 0 Å². The van der Waals surface area contributed by atoms with Gasteiger partial charge < -0.3 is 33.6 Å². The number of fused-ring (bicyclic) bond motifs is 5. The third-order valence-corrected chi connectivity index (χ3v) is 17.6. The smallest absolute Gasteiger partial charge is 0.161 e. The Morgan fingerprint density at radius 2 is 0.795 bits per heavy atom. The van der Waals surface area contributed by atoms with Crippen LogP contribution in [0.1, 0.15) is 27.8 Å². The van der Waals surface area contributed by atoms with Crippen LogP contribution >= 0.6 is 93.7 Å². The summed E-state index contributed by atoms with van der Waals surface area (Å²) in [6.45, 7) is 7.23. The minimum absolute atomic E-state index is 0.600. The quantitative estimate of drug-likeness (QED) is 0.0946. The van der Waals surface area contributed by atoms with Crippen LogP contribution in [0.15, 0.2) is 211 Å². The van der Waals surface area contributed by atoms with Gasteiger partial charge in [0.2, 0.25) is 0 Å². The molecular formula is C61H63N5O4S8. The topological polar surface area (TPSA) is 53.1 Å². The number of benzene rings is 8. The van der Waals surface area contributed by atoms with Crippen LogP contribution in [0.25, 0.3) is 0 Å². The number of thiol groups is 4. The molecule has 8 aromatic carbocycles. The Morgan fingerprint density at radius 3 is 1.29 bits per heavy atom. The molecule has 404 valence electrons. The summed E-state index contributed by atoms with van der Waals surface area (Å²) >= 11 is 19.2. The summed E-state index contributed by atoms with van der Waals surface area (Å²) in [6.07, 6.45) is 2.09. The van der Waals surface area contributed by atoms with Crippen molar-refractivity contribution in [2.75, 3.05) is 67.9 Å². The van der Waals surface area contributed by atoms with Crippen molar-refractivity contribution >= 4 is 111 Å². The first kappa shape index (κ1) is 57.8. The summed E-state index contributed by atoms with van der Waals surface area (Å²) in [5.74, 6) is 4.99. The standard InChI is InChI=1S/C14H13NOS2.C14H13NOS.C14H13NS2.C10H13NOS2.C9H11NOS/c17-18-13-6-7-14-11(8-13)9-15(10-16-14)12-4-2-1-3-5-12;17-13-6-7-14-11(8-13)9-15(10-16-14)12-4-2-1-3-5-12;16-13-6-7-14-11(8-13)9-15(10-17-14)12-4-2-1-3-5-12;1-11-6-8-5-9(14-13-2)3-4-10(8)12-7-11;1-10-5-7-4-8(12)2-3-9(7)11-6-10/h1-8,17H,9-10H2;1-8,17H,9-10H2;1-8,16H,9-10H2;3-5H,6-7H2,1-2H3;2-4,12H,5-6H2,1H3. The number of rotatable bonds is 6. The molecule has 0 spiro atoms. The number of nitrogens with zero attached hydrogens (tertiary/aromatic N) is 5. The maximum Gasteiger partial charge on any atom is 0.161 e. The lowest BCUT2D eigenvalue weighted by molar-refractivity contribution is 0.121. The molecule has 0 aromatic heterocycles. The molecule has 0 aliphatic carbocycles. The zero-order valence-electron chi connectivity index (χ0n) is 43.7. The molecule has 0 saturated carbocycles. The molecule has 8 aromatic rings. The lowest BCUT2D eigenvalue weighted by Gasteiger charge is -2.30. The molecule has 0 unspecified atom stereocenters. The van der Waals surface area contributed by atoms with Crippen LogP contribution in [0.4, 0.5) is 17.1 Å². The first-order valence-electron chi connectivity index (χ1n) is 25.2. The van der Waals surface area contributed by atoms with Crippen LogP contribution in [0.3, 0.4) is 0 Å². The van der Waals surface area contributed by atoms with Crippen molar-refractivity contribution in [3.8, 4) is 23.0 Å². The van der Waals surface area contributed by atoms with Crippen molar-refractivity contribution in [3.63, 3.8) is 0 Å². The van der Waals surface area contributed by atoms with E-state index in [2.05, 4.69) is 190 Å². The zero-order valence-corrected chi connectivity index (χ0v) is 50.5. The van der Waals surface area contributed by atoms with E-state index in [1.165, 1.54) is 65.5 Å². The predicted molar refractivity (Wildman–Crippen MR) is 342 cm³/mol. The largest absolute Gasteiger partial charge is 0.478 e. The molecule has 0 N–H and O–H groups in total. The maximum absolute atomic E-state index is 5.78. The molecule has 0 bridgehead atoms. The molecule has 13 rings (SSSR count). The van der Waals surface area contributed by atoms with E-state index in [0.717, 1.165) is 81.2 Å². The van der Waals surface area contributed by atoms with E-state index in [0.29, 0.717) is 26.9 Å². The molecular weight excluding hydrogens is 1120 g/mol. The Kier molecular flexibility index (Phi) is 21.5. The van der Waals surface area contributed by atoms with Gasteiger partial charge in [-0.05, 0) is 153 Å². The van der Waals surface area contributed by atoms with Gasteiger partial charge in [0.1, 0.15) is 36.5 Å². The number of ether oxygens (including phenoxy) is 4. The highest BCUT2D eigenvalue weighted by molar-refractivity contribution is 8.76. The Morgan fingerprint density at radius 1 is 0.410 bits per heavy atom. The fourth-order valence-electron chi connectivity index (χ4n) is 8.98. The zero-order chi connectivity index (χ0) is 54.2. The predicted octanol–water partition coefficient (Wildman–Crippen LogP) is 16.0. The average Bonchev–Trinajstić information content (AvgIpc) is 3.49. The first-order chi connectivity index (χ1) is 38.1. The minimum atomic E-state index is 0.600. The molecule has 78 heavy (non-hydrogen) atoms. The van der Waals surface area contributed by atoms with Gasteiger partial charge in [-0.15, -0.1) is 61.3 Å². The van der Waals surface area contributed by atoms with Crippen LogP contribution in [-0.2, 0) is 32.7 Å². The van der Waals surface area contributed by atoms with E-state index in [4.69, 9.17) is 18.9 Å². The first-order valence-corrected chi connectivity index (χ1v) is 32.0. The molecule has 0 amide bonds.